The molecule has 1 heterocycles. The normalized spacial score (nSPS) is 23.9. The minimum absolute atomic E-state index is 0.294. The van der Waals surface area contributed by atoms with Crippen LogP contribution >= 0.6 is 15.9 Å². The van der Waals surface area contributed by atoms with Gasteiger partial charge in [0.25, 0.3) is 0 Å². The first-order valence-electron chi connectivity index (χ1n) is 5.44. The van der Waals surface area contributed by atoms with Crippen LogP contribution in [0.3, 0.4) is 0 Å². The lowest BCUT2D eigenvalue weighted by atomic mass is 10.0. The van der Waals surface area contributed by atoms with Crippen LogP contribution in [-0.2, 0) is 11.3 Å². The van der Waals surface area contributed by atoms with Gasteiger partial charge in [-0.15, -0.1) is 0 Å². The van der Waals surface area contributed by atoms with Gasteiger partial charge in [0.1, 0.15) is 6.61 Å². The Morgan fingerprint density at radius 3 is 3.00 bits per heavy atom. The lowest BCUT2D eigenvalue weighted by Crippen LogP contribution is -2.49. The highest BCUT2D eigenvalue weighted by atomic mass is 79.9. The summed E-state index contributed by atoms with van der Waals surface area (Å²) >= 11 is 3.41. The summed E-state index contributed by atoms with van der Waals surface area (Å²) in [6, 6.07) is 7.87. The maximum absolute atomic E-state index is 11.7. The molecule has 2 N–H and O–H groups in total. The third kappa shape index (κ3) is 2.45. The molecule has 1 aliphatic heterocycles. The fraction of sp³-hybridized carbons (Fsp3) is 0.417. The largest absolute Gasteiger partial charge is 0.447 e. The van der Waals surface area contributed by atoms with E-state index >= 15 is 0 Å². The molecule has 0 bridgehead atoms. The van der Waals surface area contributed by atoms with Crippen molar-refractivity contribution in [1.29, 1.82) is 0 Å². The predicted octanol–water partition coefficient (Wildman–Crippen LogP) is 2.12. The second-order valence-electron chi connectivity index (χ2n) is 4.47. The van der Waals surface area contributed by atoms with Crippen molar-refractivity contribution in [2.24, 2.45) is 5.73 Å². The second kappa shape index (κ2) is 4.66. The van der Waals surface area contributed by atoms with Crippen molar-refractivity contribution in [2.75, 3.05) is 13.2 Å². The molecule has 92 valence electrons. The zero-order chi connectivity index (χ0) is 12.5. The predicted molar refractivity (Wildman–Crippen MR) is 68.5 cm³/mol. The Morgan fingerprint density at radius 1 is 1.59 bits per heavy atom. The van der Waals surface area contributed by atoms with Crippen LogP contribution in [-0.4, -0.2) is 29.7 Å². The Morgan fingerprint density at radius 2 is 2.35 bits per heavy atom. The number of cyclic esters (lactones) is 1. The van der Waals surface area contributed by atoms with E-state index in [1.54, 1.807) is 4.90 Å². The Kier molecular flexibility index (Phi) is 3.40. The summed E-state index contributed by atoms with van der Waals surface area (Å²) in [7, 11) is 0. The van der Waals surface area contributed by atoms with Gasteiger partial charge in [0.15, 0.2) is 0 Å². The Balaban J connectivity index is 2.19. The molecule has 2 rings (SSSR count). The molecule has 1 fully saturated rings. The third-order valence-corrected chi connectivity index (χ3v) is 3.54. The molecule has 1 unspecified atom stereocenters. The van der Waals surface area contributed by atoms with Gasteiger partial charge < -0.3 is 10.5 Å². The highest BCUT2D eigenvalue weighted by Crippen LogP contribution is 2.26. The zero-order valence-electron chi connectivity index (χ0n) is 9.65. The summed E-state index contributed by atoms with van der Waals surface area (Å²) in [4.78, 5) is 13.4. The van der Waals surface area contributed by atoms with Gasteiger partial charge in [-0.3, -0.25) is 4.90 Å². The first-order valence-corrected chi connectivity index (χ1v) is 6.23. The zero-order valence-corrected chi connectivity index (χ0v) is 11.2. The number of amides is 1. The summed E-state index contributed by atoms with van der Waals surface area (Å²) in [5, 5.41) is 0. The van der Waals surface area contributed by atoms with Gasteiger partial charge >= 0.3 is 6.09 Å². The molecule has 1 saturated heterocycles. The number of benzene rings is 1. The van der Waals surface area contributed by atoms with E-state index in [9.17, 15) is 4.79 Å². The number of hydrogen-bond acceptors (Lipinski definition) is 3. The molecule has 0 radical (unpaired) electrons. The number of rotatable bonds is 3. The van der Waals surface area contributed by atoms with E-state index in [1.807, 2.05) is 31.2 Å². The molecular weight excluding hydrogens is 284 g/mol. The number of carbonyl (C=O) groups is 1. The van der Waals surface area contributed by atoms with Gasteiger partial charge in [0.05, 0.1) is 5.54 Å². The van der Waals surface area contributed by atoms with Gasteiger partial charge in [-0.05, 0) is 24.6 Å². The summed E-state index contributed by atoms with van der Waals surface area (Å²) < 4.78 is 6.07. The van der Waals surface area contributed by atoms with Gasteiger partial charge in [-0.1, -0.05) is 28.1 Å². The van der Waals surface area contributed by atoms with Crippen LogP contribution in [0.2, 0.25) is 0 Å². The molecule has 4 nitrogen and oxygen atoms in total. The van der Waals surface area contributed by atoms with Gasteiger partial charge in [-0.25, -0.2) is 4.79 Å². The summed E-state index contributed by atoms with van der Waals surface area (Å²) in [5.74, 6) is 0. The smallest absolute Gasteiger partial charge is 0.410 e. The van der Waals surface area contributed by atoms with Crippen molar-refractivity contribution >= 4 is 22.0 Å². The molecule has 1 atom stereocenters. The average Bonchev–Trinajstić information content (AvgIpc) is 2.58. The summed E-state index contributed by atoms with van der Waals surface area (Å²) in [6.07, 6.45) is -0.294. The minimum atomic E-state index is -0.403. The second-order valence-corrected chi connectivity index (χ2v) is 5.39. The maximum atomic E-state index is 11.7. The molecule has 1 aromatic rings. The van der Waals surface area contributed by atoms with Crippen molar-refractivity contribution in [3.63, 3.8) is 0 Å². The van der Waals surface area contributed by atoms with E-state index in [4.69, 9.17) is 10.5 Å². The van der Waals surface area contributed by atoms with E-state index in [-0.39, 0.29) is 6.09 Å². The minimum Gasteiger partial charge on any atom is -0.447 e. The highest BCUT2D eigenvalue weighted by Gasteiger charge is 2.42. The first-order chi connectivity index (χ1) is 8.05. The van der Waals surface area contributed by atoms with Crippen LogP contribution < -0.4 is 5.73 Å². The van der Waals surface area contributed by atoms with E-state index in [1.165, 1.54) is 0 Å². The van der Waals surface area contributed by atoms with E-state index < -0.39 is 5.54 Å². The molecule has 0 aromatic heterocycles. The number of ether oxygens (including phenoxy) is 1. The van der Waals surface area contributed by atoms with Crippen LogP contribution in [0.5, 0.6) is 0 Å². The van der Waals surface area contributed by atoms with E-state index in [0.29, 0.717) is 19.7 Å². The van der Waals surface area contributed by atoms with E-state index in [0.717, 1.165) is 10.0 Å². The summed E-state index contributed by atoms with van der Waals surface area (Å²) in [6.45, 7) is 3.21. The molecule has 0 spiro atoms. The lowest BCUT2D eigenvalue weighted by Gasteiger charge is -2.30. The molecular formula is C12H15BrN2O2. The number of nitrogens with two attached hydrogens (primary N) is 1. The van der Waals surface area contributed by atoms with Crippen LogP contribution in [0.1, 0.15) is 12.5 Å². The Hall–Kier alpha value is -1.07. The maximum Gasteiger partial charge on any atom is 0.410 e. The van der Waals surface area contributed by atoms with Crippen LogP contribution in [0.15, 0.2) is 28.7 Å². The van der Waals surface area contributed by atoms with Crippen molar-refractivity contribution < 1.29 is 9.53 Å². The fourth-order valence-electron chi connectivity index (χ4n) is 1.84. The molecule has 17 heavy (non-hydrogen) atoms. The van der Waals surface area contributed by atoms with Gasteiger partial charge in [-0.2, -0.15) is 0 Å². The lowest BCUT2D eigenvalue weighted by molar-refractivity contribution is 0.151. The van der Waals surface area contributed by atoms with Crippen LogP contribution in [0.4, 0.5) is 4.79 Å². The number of halogens is 1. The van der Waals surface area contributed by atoms with Crippen molar-refractivity contribution in [3.8, 4) is 0 Å². The van der Waals surface area contributed by atoms with Crippen molar-refractivity contribution in [1.82, 2.24) is 4.90 Å². The Bertz CT molecular complexity index is 438. The van der Waals surface area contributed by atoms with Crippen molar-refractivity contribution in [3.05, 3.63) is 34.3 Å². The molecule has 5 heteroatoms. The molecule has 0 saturated carbocycles. The number of carbonyl (C=O) groups excluding carboxylic acids is 1. The fourth-order valence-corrected chi connectivity index (χ4v) is 2.28. The average molecular weight is 299 g/mol. The monoisotopic (exact) mass is 298 g/mol. The first kappa shape index (κ1) is 12.4. The topological polar surface area (TPSA) is 55.6 Å². The standard InChI is InChI=1S/C12H15BrN2O2/c1-12(7-14)8-17-11(16)15(12)6-9-3-2-4-10(13)5-9/h2-5H,6-8,14H2,1H3. The van der Waals surface area contributed by atoms with Crippen LogP contribution in [0.25, 0.3) is 0 Å². The quantitative estimate of drug-likeness (QED) is 0.930. The molecule has 0 aliphatic carbocycles. The van der Waals surface area contributed by atoms with Gasteiger partial charge in [0, 0.05) is 17.6 Å². The Labute approximate surface area is 109 Å². The molecule has 1 aliphatic rings. The third-order valence-electron chi connectivity index (χ3n) is 3.05. The van der Waals surface area contributed by atoms with Gasteiger partial charge in [0.2, 0.25) is 0 Å². The van der Waals surface area contributed by atoms with Crippen LogP contribution in [0, 0.1) is 0 Å². The van der Waals surface area contributed by atoms with Crippen molar-refractivity contribution in [2.45, 2.75) is 19.0 Å². The highest BCUT2D eigenvalue weighted by molar-refractivity contribution is 9.10. The molecule has 1 amide bonds. The number of nitrogens with zero attached hydrogens (tertiary/aromatic N) is 1. The van der Waals surface area contributed by atoms with E-state index in [2.05, 4.69) is 15.9 Å². The number of hydrogen-bond donors (Lipinski definition) is 1. The molecule has 1 aromatic carbocycles. The summed E-state index contributed by atoms with van der Waals surface area (Å²) in [5.41, 5.74) is 6.37. The SMILES string of the molecule is CC1(CN)COC(=O)N1Cc1cccc(Br)c1.